The summed E-state index contributed by atoms with van der Waals surface area (Å²) in [5.41, 5.74) is -0.422. The van der Waals surface area contributed by atoms with Crippen molar-refractivity contribution in [1.29, 1.82) is 0 Å². The Morgan fingerprint density at radius 3 is 3.05 bits per heavy atom. The molecule has 0 aliphatic carbocycles. The van der Waals surface area contributed by atoms with Crippen LogP contribution in [0.25, 0.3) is 0 Å². The molecule has 0 amide bonds. The number of aromatic carboxylic acids is 1. The van der Waals surface area contributed by atoms with Crippen LogP contribution in [0.5, 0.6) is 0 Å². The van der Waals surface area contributed by atoms with Crippen molar-refractivity contribution in [2.45, 2.75) is 12.8 Å². The smallest absolute Gasteiger partial charge is 0.339 e. The summed E-state index contributed by atoms with van der Waals surface area (Å²) in [6.07, 6.45) is 3.14. The van der Waals surface area contributed by atoms with Crippen molar-refractivity contribution < 1.29 is 14.8 Å². The zero-order valence-corrected chi connectivity index (χ0v) is 11.8. The van der Waals surface area contributed by atoms with Crippen LogP contribution in [0.1, 0.15) is 23.2 Å². The van der Waals surface area contributed by atoms with Gasteiger partial charge in [-0.3, -0.25) is 10.1 Å². The Morgan fingerprint density at radius 2 is 2.43 bits per heavy atom. The molecule has 1 atom stereocenters. The average molecular weight is 294 g/mol. The molecule has 0 bridgehead atoms. The van der Waals surface area contributed by atoms with E-state index in [-0.39, 0.29) is 11.3 Å². The second-order valence-corrected chi connectivity index (χ2v) is 5.14. The summed E-state index contributed by atoms with van der Waals surface area (Å²) in [5.74, 6) is -0.465. The van der Waals surface area contributed by atoms with Crippen molar-refractivity contribution in [1.82, 2.24) is 10.3 Å². The monoisotopic (exact) mass is 294 g/mol. The third-order valence-corrected chi connectivity index (χ3v) is 3.60. The number of nitrogens with one attached hydrogen (secondary N) is 1. The van der Waals surface area contributed by atoms with E-state index >= 15 is 0 Å². The molecule has 0 spiro atoms. The molecular weight excluding hydrogens is 276 g/mol. The summed E-state index contributed by atoms with van der Waals surface area (Å²) >= 11 is 0. The van der Waals surface area contributed by atoms with Crippen molar-refractivity contribution in [3.63, 3.8) is 0 Å². The number of hydrogen-bond donors (Lipinski definition) is 2. The van der Waals surface area contributed by atoms with Crippen LogP contribution in [0.3, 0.4) is 0 Å². The number of aromatic nitrogens is 1. The van der Waals surface area contributed by atoms with Crippen molar-refractivity contribution in [3.05, 3.63) is 27.9 Å². The molecule has 0 radical (unpaired) electrons. The maximum absolute atomic E-state index is 11.3. The quantitative estimate of drug-likeness (QED) is 0.618. The van der Waals surface area contributed by atoms with E-state index < -0.39 is 10.9 Å². The number of carbonyl (C=O) groups is 1. The third kappa shape index (κ3) is 3.46. The lowest BCUT2D eigenvalue weighted by Gasteiger charge is -2.34. The number of carboxylic acids is 1. The fourth-order valence-electron chi connectivity index (χ4n) is 2.67. The summed E-state index contributed by atoms with van der Waals surface area (Å²) in [5, 5.41) is 23.1. The Kier molecular flexibility index (Phi) is 4.69. The Bertz CT molecular complexity index is 547. The highest BCUT2D eigenvalue weighted by Crippen LogP contribution is 2.27. The first-order valence-electron chi connectivity index (χ1n) is 6.80. The highest BCUT2D eigenvalue weighted by molar-refractivity contribution is 5.94. The molecule has 1 unspecified atom stereocenters. The first kappa shape index (κ1) is 15.2. The number of anilines is 1. The number of piperidine rings is 1. The molecule has 1 aliphatic rings. The summed E-state index contributed by atoms with van der Waals surface area (Å²) in [7, 11) is 1.88. The zero-order valence-electron chi connectivity index (χ0n) is 11.8. The molecule has 8 heteroatoms. The Hall–Kier alpha value is -2.22. The minimum Gasteiger partial charge on any atom is -0.478 e. The standard InChI is InChI=1S/C13H18N4O4/c1-14-6-9-3-2-4-16(8-9)12-11(13(18)19)5-10(7-15-12)17(20)21/h5,7,9,14H,2-4,6,8H2,1H3,(H,18,19). The van der Waals surface area contributed by atoms with Gasteiger partial charge in [-0.1, -0.05) is 0 Å². The van der Waals surface area contributed by atoms with E-state index in [1.165, 1.54) is 0 Å². The minimum absolute atomic E-state index is 0.116. The van der Waals surface area contributed by atoms with Crippen molar-refractivity contribution in [2.24, 2.45) is 5.92 Å². The normalized spacial score (nSPS) is 18.5. The largest absolute Gasteiger partial charge is 0.478 e. The SMILES string of the molecule is CNCC1CCCN(c2ncc([N+](=O)[O-])cc2C(=O)O)C1. The van der Waals surface area contributed by atoms with Gasteiger partial charge >= 0.3 is 5.97 Å². The lowest BCUT2D eigenvalue weighted by molar-refractivity contribution is -0.385. The lowest BCUT2D eigenvalue weighted by atomic mass is 9.97. The van der Waals surface area contributed by atoms with Gasteiger partial charge < -0.3 is 15.3 Å². The van der Waals surface area contributed by atoms with E-state index in [1.54, 1.807) is 0 Å². The van der Waals surface area contributed by atoms with Gasteiger partial charge in [0.25, 0.3) is 5.69 Å². The maximum atomic E-state index is 11.3. The number of nitrogens with zero attached hydrogens (tertiary/aromatic N) is 3. The molecule has 1 aromatic heterocycles. The van der Waals surface area contributed by atoms with Gasteiger partial charge in [-0.15, -0.1) is 0 Å². The second kappa shape index (κ2) is 6.49. The molecule has 1 fully saturated rings. The fraction of sp³-hybridized carbons (Fsp3) is 0.538. The van der Waals surface area contributed by atoms with Crippen LogP contribution in [0.4, 0.5) is 11.5 Å². The van der Waals surface area contributed by atoms with Gasteiger partial charge in [0, 0.05) is 19.2 Å². The van der Waals surface area contributed by atoms with Crippen molar-refractivity contribution in [2.75, 3.05) is 31.6 Å². The summed E-state index contributed by atoms with van der Waals surface area (Å²) in [6.45, 7) is 2.27. The van der Waals surface area contributed by atoms with Gasteiger partial charge in [-0.2, -0.15) is 0 Å². The summed E-state index contributed by atoms with van der Waals surface area (Å²) < 4.78 is 0. The highest BCUT2D eigenvalue weighted by atomic mass is 16.6. The fourth-order valence-corrected chi connectivity index (χ4v) is 2.67. The maximum Gasteiger partial charge on any atom is 0.339 e. The molecular formula is C13H18N4O4. The van der Waals surface area contributed by atoms with Crippen LogP contribution in [-0.4, -0.2) is 47.7 Å². The average Bonchev–Trinajstić information content (AvgIpc) is 2.47. The molecule has 2 N–H and O–H groups in total. The molecule has 2 rings (SSSR count). The Balaban J connectivity index is 2.29. The van der Waals surface area contributed by atoms with E-state index in [9.17, 15) is 20.0 Å². The first-order chi connectivity index (χ1) is 10.0. The van der Waals surface area contributed by atoms with E-state index in [2.05, 4.69) is 10.3 Å². The number of nitro groups is 1. The molecule has 0 aromatic carbocycles. The zero-order chi connectivity index (χ0) is 15.4. The second-order valence-electron chi connectivity index (χ2n) is 5.14. The van der Waals surface area contributed by atoms with Crippen LogP contribution < -0.4 is 10.2 Å². The van der Waals surface area contributed by atoms with Crippen LogP contribution in [0, 0.1) is 16.0 Å². The lowest BCUT2D eigenvalue weighted by Crippen LogP contribution is -2.40. The number of pyridine rings is 1. The van der Waals surface area contributed by atoms with Gasteiger partial charge in [-0.25, -0.2) is 9.78 Å². The van der Waals surface area contributed by atoms with Crippen LogP contribution in [0.2, 0.25) is 0 Å². The number of rotatable bonds is 5. The molecule has 0 saturated carbocycles. The number of carboxylic acid groups (broad SMARTS) is 1. The predicted octanol–water partition coefficient (Wildman–Crippen LogP) is 1.12. The van der Waals surface area contributed by atoms with Crippen LogP contribution in [0.15, 0.2) is 12.3 Å². The van der Waals surface area contributed by atoms with E-state index in [0.717, 1.165) is 31.6 Å². The Morgan fingerprint density at radius 1 is 1.67 bits per heavy atom. The summed E-state index contributed by atoms with van der Waals surface area (Å²) in [6, 6.07) is 1.08. The molecule has 21 heavy (non-hydrogen) atoms. The molecule has 2 heterocycles. The molecule has 1 aliphatic heterocycles. The number of hydrogen-bond acceptors (Lipinski definition) is 6. The van der Waals surface area contributed by atoms with Crippen molar-refractivity contribution >= 4 is 17.5 Å². The highest BCUT2D eigenvalue weighted by Gasteiger charge is 2.26. The van der Waals surface area contributed by atoms with Crippen molar-refractivity contribution in [3.8, 4) is 0 Å². The van der Waals surface area contributed by atoms with Gasteiger partial charge in [0.15, 0.2) is 0 Å². The van der Waals surface area contributed by atoms with Crippen LogP contribution >= 0.6 is 0 Å². The summed E-state index contributed by atoms with van der Waals surface area (Å²) in [4.78, 5) is 27.4. The van der Waals surface area contributed by atoms with E-state index in [4.69, 9.17) is 0 Å². The third-order valence-electron chi connectivity index (χ3n) is 3.60. The molecule has 114 valence electrons. The van der Waals surface area contributed by atoms with Gasteiger partial charge in [0.1, 0.15) is 17.6 Å². The van der Waals surface area contributed by atoms with E-state index in [0.29, 0.717) is 24.8 Å². The minimum atomic E-state index is -1.20. The Labute approximate surface area is 121 Å². The van der Waals surface area contributed by atoms with Gasteiger partial charge in [0.05, 0.1) is 4.92 Å². The molecule has 1 saturated heterocycles. The van der Waals surface area contributed by atoms with Crippen LogP contribution in [-0.2, 0) is 0 Å². The predicted molar refractivity (Wildman–Crippen MR) is 76.7 cm³/mol. The topological polar surface area (TPSA) is 109 Å². The van der Waals surface area contributed by atoms with E-state index in [1.807, 2.05) is 11.9 Å². The molecule has 8 nitrogen and oxygen atoms in total. The first-order valence-corrected chi connectivity index (χ1v) is 6.80. The van der Waals surface area contributed by atoms with Gasteiger partial charge in [0.2, 0.25) is 0 Å². The molecule has 1 aromatic rings. The van der Waals surface area contributed by atoms with Gasteiger partial charge in [-0.05, 0) is 32.4 Å².